The van der Waals surface area contributed by atoms with Crippen LogP contribution in [-0.4, -0.2) is 52.1 Å². The number of rotatable bonds is 1. The van der Waals surface area contributed by atoms with Crippen molar-refractivity contribution >= 4 is 34.6 Å². The maximum Gasteiger partial charge on any atom is 0.410 e. The van der Waals surface area contributed by atoms with E-state index in [0.717, 1.165) is 5.69 Å². The van der Waals surface area contributed by atoms with Crippen molar-refractivity contribution in [3.05, 3.63) is 39.1 Å². The van der Waals surface area contributed by atoms with Crippen LogP contribution in [0, 0.1) is 9.39 Å². The fourth-order valence-electron chi connectivity index (χ4n) is 4.15. The maximum absolute atomic E-state index is 14.4. The fraction of sp³-hybridized carbons (Fsp3) is 0.476. The number of H-pyrrole nitrogens is 1. The number of amides is 2. The number of hydrogen-bond donors (Lipinski definition) is 2. The van der Waals surface area contributed by atoms with Gasteiger partial charge in [0.2, 0.25) is 0 Å². The zero-order chi connectivity index (χ0) is 21.7. The monoisotopic (exact) mass is 526 g/mol. The van der Waals surface area contributed by atoms with Crippen LogP contribution < -0.4 is 5.32 Å². The maximum atomic E-state index is 14.4. The van der Waals surface area contributed by atoms with Crippen molar-refractivity contribution in [1.29, 1.82) is 0 Å². The first-order chi connectivity index (χ1) is 14.1. The third-order valence-corrected chi connectivity index (χ3v) is 6.78. The van der Waals surface area contributed by atoms with Crippen LogP contribution in [0.3, 0.4) is 0 Å². The Morgan fingerprint density at radius 1 is 1.33 bits per heavy atom. The van der Waals surface area contributed by atoms with Crippen molar-refractivity contribution in [2.45, 2.75) is 44.6 Å². The highest BCUT2D eigenvalue weighted by molar-refractivity contribution is 14.1. The van der Waals surface area contributed by atoms with Crippen LogP contribution in [0.15, 0.2) is 18.5 Å². The van der Waals surface area contributed by atoms with Crippen molar-refractivity contribution in [2.24, 2.45) is 0 Å². The number of pyridine rings is 1. The van der Waals surface area contributed by atoms with Crippen LogP contribution in [0.1, 0.15) is 49.7 Å². The summed E-state index contributed by atoms with van der Waals surface area (Å²) in [4.78, 5) is 34.0. The van der Waals surface area contributed by atoms with E-state index in [1.165, 1.54) is 12.4 Å². The standard InChI is InChI=1S/C21H24FIN4O3/c1-20(2,3)30-19(29)27-8-5-21(6-9-27)11-25-18(28)14-15(23)16(26-17(14)21)12-4-7-24-10-13(12)22/h4,7,10,26H,5-6,8-9,11H2,1-3H3,(H,25,28). The van der Waals surface area contributed by atoms with Gasteiger partial charge in [-0.05, 0) is 62.3 Å². The highest BCUT2D eigenvalue weighted by Crippen LogP contribution is 2.43. The fourth-order valence-corrected chi connectivity index (χ4v) is 5.09. The number of nitrogens with one attached hydrogen (secondary N) is 2. The molecule has 2 N–H and O–H groups in total. The molecule has 9 heteroatoms. The van der Waals surface area contributed by atoms with E-state index in [1.54, 1.807) is 11.0 Å². The largest absolute Gasteiger partial charge is 0.444 e. The minimum absolute atomic E-state index is 0.161. The highest BCUT2D eigenvalue weighted by atomic mass is 127. The summed E-state index contributed by atoms with van der Waals surface area (Å²) in [6, 6.07) is 1.60. The van der Waals surface area contributed by atoms with Gasteiger partial charge in [0.1, 0.15) is 5.60 Å². The van der Waals surface area contributed by atoms with Crippen LogP contribution in [0.2, 0.25) is 0 Å². The Morgan fingerprint density at radius 2 is 2.03 bits per heavy atom. The molecule has 2 aromatic heterocycles. The lowest BCUT2D eigenvalue weighted by atomic mass is 9.72. The third-order valence-electron chi connectivity index (χ3n) is 5.70. The van der Waals surface area contributed by atoms with Gasteiger partial charge in [0.15, 0.2) is 5.82 Å². The topological polar surface area (TPSA) is 87.3 Å². The molecule has 2 amide bonds. The second kappa shape index (κ2) is 7.51. The van der Waals surface area contributed by atoms with Crippen LogP contribution in [0.4, 0.5) is 9.18 Å². The van der Waals surface area contributed by atoms with Crippen molar-refractivity contribution in [3.8, 4) is 11.3 Å². The summed E-state index contributed by atoms with van der Waals surface area (Å²) >= 11 is 2.10. The van der Waals surface area contributed by atoms with E-state index in [9.17, 15) is 14.0 Å². The summed E-state index contributed by atoms with van der Waals surface area (Å²) in [5.74, 6) is -0.602. The first kappa shape index (κ1) is 21.1. The van der Waals surface area contributed by atoms with E-state index < -0.39 is 11.4 Å². The molecule has 0 bridgehead atoms. The van der Waals surface area contributed by atoms with Crippen molar-refractivity contribution in [1.82, 2.24) is 20.2 Å². The van der Waals surface area contributed by atoms with Crippen LogP contribution >= 0.6 is 22.6 Å². The average molecular weight is 526 g/mol. The number of hydrogen-bond acceptors (Lipinski definition) is 4. The zero-order valence-electron chi connectivity index (χ0n) is 17.1. The van der Waals surface area contributed by atoms with Gasteiger partial charge in [0, 0.05) is 42.5 Å². The summed E-state index contributed by atoms with van der Waals surface area (Å²) in [6.07, 6.45) is 3.73. The van der Waals surface area contributed by atoms with Gasteiger partial charge in [-0.3, -0.25) is 9.78 Å². The number of nitrogens with zero attached hydrogens (tertiary/aromatic N) is 2. The van der Waals surface area contributed by atoms with Crippen molar-refractivity contribution in [2.75, 3.05) is 19.6 Å². The normalized spacial score (nSPS) is 18.2. The molecule has 30 heavy (non-hydrogen) atoms. The molecule has 160 valence electrons. The number of aromatic nitrogens is 2. The molecule has 0 radical (unpaired) electrons. The quantitative estimate of drug-likeness (QED) is 0.554. The lowest BCUT2D eigenvalue weighted by Gasteiger charge is -2.43. The summed E-state index contributed by atoms with van der Waals surface area (Å²) in [5.41, 5.74) is 1.50. The predicted octanol–water partition coefficient (Wildman–Crippen LogP) is 3.83. The summed E-state index contributed by atoms with van der Waals surface area (Å²) < 4.78 is 20.6. The Hall–Kier alpha value is -2.17. The Morgan fingerprint density at radius 3 is 2.67 bits per heavy atom. The number of aromatic amines is 1. The molecule has 4 rings (SSSR count). The number of ether oxygens (including phenoxy) is 1. The van der Waals surface area contributed by atoms with E-state index in [1.807, 2.05) is 20.8 Å². The number of fused-ring (bicyclic) bond motifs is 2. The minimum Gasteiger partial charge on any atom is -0.444 e. The molecule has 0 aliphatic carbocycles. The first-order valence-electron chi connectivity index (χ1n) is 9.89. The predicted molar refractivity (Wildman–Crippen MR) is 118 cm³/mol. The van der Waals surface area contributed by atoms with Gasteiger partial charge in [-0.15, -0.1) is 0 Å². The molecule has 1 spiro atoms. The molecule has 0 saturated carbocycles. The van der Waals surface area contributed by atoms with Gasteiger partial charge < -0.3 is 19.9 Å². The smallest absolute Gasteiger partial charge is 0.410 e. The molecular formula is C21H24FIN4O3. The van der Waals surface area contributed by atoms with Crippen LogP contribution in [0.5, 0.6) is 0 Å². The molecule has 2 aliphatic rings. The third kappa shape index (κ3) is 3.67. The molecule has 2 aromatic rings. The molecule has 0 unspecified atom stereocenters. The van der Waals surface area contributed by atoms with Crippen molar-refractivity contribution < 1.29 is 18.7 Å². The number of carbonyl (C=O) groups excluding carboxylic acids is 2. The lowest BCUT2D eigenvalue weighted by molar-refractivity contribution is 0.0156. The van der Waals surface area contributed by atoms with E-state index in [4.69, 9.17) is 4.74 Å². The molecule has 0 aromatic carbocycles. The Balaban J connectivity index is 1.65. The van der Waals surface area contributed by atoms with Crippen LogP contribution in [-0.2, 0) is 10.2 Å². The van der Waals surface area contributed by atoms with E-state index in [0.29, 0.717) is 52.9 Å². The van der Waals surface area contributed by atoms with Crippen LogP contribution in [0.25, 0.3) is 11.3 Å². The van der Waals surface area contributed by atoms with Gasteiger partial charge in [-0.2, -0.15) is 0 Å². The highest BCUT2D eigenvalue weighted by Gasteiger charge is 2.46. The summed E-state index contributed by atoms with van der Waals surface area (Å²) in [6.45, 7) is 7.08. The number of halogens is 2. The molecule has 2 aliphatic heterocycles. The second-order valence-corrected chi connectivity index (χ2v) is 9.93. The minimum atomic E-state index is -0.544. The average Bonchev–Trinajstić information content (AvgIpc) is 3.03. The van der Waals surface area contributed by atoms with Gasteiger partial charge in [-0.25, -0.2) is 9.18 Å². The van der Waals surface area contributed by atoms with E-state index in [2.05, 4.69) is 37.9 Å². The van der Waals surface area contributed by atoms with Gasteiger partial charge in [-0.1, -0.05) is 0 Å². The molecule has 1 fully saturated rings. The Kier molecular flexibility index (Phi) is 5.27. The first-order valence-corrected chi connectivity index (χ1v) is 11.0. The Bertz CT molecular complexity index is 1010. The molecule has 4 heterocycles. The zero-order valence-corrected chi connectivity index (χ0v) is 19.3. The molecule has 1 saturated heterocycles. The second-order valence-electron chi connectivity index (χ2n) is 8.85. The number of likely N-dealkylation sites (tertiary alicyclic amines) is 1. The van der Waals surface area contributed by atoms with E-state index in [-0.39, 0.29) is 17.4 Å². The number of piperidine rings is 1. The lowest BCUT2D eigenvalue weighted by Crippen LogP contribution is -2.54. The van der Waals surface area contributed by atoms with Crippen molar-refractivity contribution in [3.63, 3.8) is 0 Å². The molecular weight excluding hydrogens is 502 g/mol. The summed E-state index contributed by atoms with van der Waals surface area (Å²) in [5, 5.41) is 3.00. The number of carbonyl (C=O) groups is 2. The Labute approximate surface area is 187 Å². The van der Waals surface area contributed by atoms with Gasteiger partial charge >= 0.3 is 6.09 Å². The summed E-state index contributed by atoms with van der Waals surface area (Å²) in [7, 11) is 0. The van der Waals surface area contributed by atoms with Gasteiger partial charge in [0.25, 0.3) is 5.91 Å². The molecule has 7 nitrogen and oxygen atoms in total. The molecule has 0 atom stereocenters. The van der Waals surface area contributed by atoms with Gasteiger partial charge in [0.05, 0.1) is 21.0 Å². The van der Waals surface area contributed by atoms with E-state index >= 15 is 0 Å². The SMILES string of the molecule is CC(C)(C)OC(=O)N1CCC2(CC1)CNC(=O)c1c2[nH]c(-c2ccncc2F)c1I.